The predicted molar refractivity (Wildman–Crippen MR) is 75.0 cm³/mol. The normalized spacial score (nSPS) is 11.0. The Labute approximate surface area is 121 Å². The fourth-order valence-electron chi connectivity index (χ4n) is 2.17. The Morgan fingerprint density at radius 3 is 2.86 bits per heavy atom. The topological polar surface area (TPSA) is 106 Å². The number of nitrogens with zero attached hydrogens (tertiary/aromatic N) is 3. The largest absolute Gasteiger partial charge is 0.438 e. The minimum atomic E-state index is -0.594. The lowest BCUT2D eigenvalue weighted by Crippen LogP contribution is -2.29. The van der Waals surface area contributed by atoms with Crippen molar-refractivity contribution in [3.63, 3.8) is 0 Å². The van der Waals surface area contributed by atoms with Crippen molar-refractivity contribution in [1.29, 1.82) is 0 Å². The molecular formula is C13H19N5O3. The lowest BCUT2D eigenvalue weighted by atomic mass is 10.1. The number of nitrogens with one attached hydrogen (secondary N) is 2. The van der Waals surface area contributed by atoms with Crippen molar-refractivity contribution in [2.75, 3.05) is 6.54 Å². The van der Waals surface area contributed by atoms with E-state index in [2.05, 4.69) is 38.9 Å². The fraction of sp³-hybridized carbons (Fsp3) is 0.538. The van der Waals surface area contributed by atoms with E-state index in [1.165, 1.54) is 0 Å². The van der Waals surface area contributed by atoms with Gasteiger partial charge in [-0.15, -0.1) is 0 Å². The first-order valence-corrected chi connectivity index (χ1v) is 7.02. The third kappa shape index (κ3) is 3.59. The van der Waals surface area contributed by atoms with Crippen LogP contribution in [0, 0.1) is 0 Å². The zero-order valence-corrected chi connectivity index (χ0v) is 12.1. The molecule has 0 aliphatic heterocycles. The van der Waals surface area contributed by atoms with Crippen molar-refractivity contribution in [1.82, 2.24) is 25.2 Å². The summed E-state index contributed by atoms with van der Waals surface area (Å²) in [4.78, 5) is 25.4. The van der Waals surface area contributed by atoms with Crippen LogP contribution in [-0.2, 0) is 6.42 Å². The molecule has 0 radical (unpaired) electrons. The molecule has 8 nitrogen and oxygen atoms in total. The average Bonchev–Trinajstić information content (AvgIpc) is 3.10. The number of aromatic amines is 1. The van der Waals surface area contributed by atoms with E-state index in [-0.39, 0.29) is 11.9 Å². The van der Waals surface area contributed by atoms with E-state index in [4.69, 9.17) is 0 Å². The van der Waals surface area contributed by atoms with Crippen LogP contribution in [0.25, 0.3) is 0 Å². The second kappa shape index (κ2) is 6.87. The van der Waals surface area contributed by atoms with E-state index in [1.807, 2.05) is 0 Å². The second-order valence-electron chi connectivity index (χ2n) is 4.68. The first-order valence-electron chi connectivity index (χ1n) is 7.02. The maximum absolute atomic E-state index is 12.2. The number of aromatic nitrogens is 4. The molecule has 114 valence electrons. The van der Waals surface area contributed by atoms with E-state index < -0.39 is 5.76 Å². The first kappa shape index (κ1) is 15.0. The number of hydrogen-bond acceptors (Lipinski definition) is 5. The minimum absolute atomic E-state index is 0.190. The smallest absolute Gasteiger partial charge is 0.350 e. The molecule has 8 heteroatoms. The Balaban J connectivity index is 1.94. The number of hydrogen-bond donors (Lipinski definition) is 2. The summed E-state index contributed by atoms with van der Waals surface area (Å²) in [7, 11) is 0. The van der Waals surface area contributed by atoms with Crippen LogP contribution in [-0.4, -0.2) is 32.4 Å². The number of amides is 1. The summed E-state index contributed by atoms with van der Waals surface area (Å²) in [6.45, 7) is 4.49. The van der Waals surface area contributed by atoms with Gasteiger partial charge in [0.2, 0.25) is 0 Å². The van der Waals surface area contributed by atoms with Gasteiger partial charge in [0.25, 0.3) is 5.91 Å². The summed E-state index contributed by atoms with van der Waals surface area (Å²) < 4.78 is 6.14. The molecular weight excluding hydrogens is 274 g/mol. The first-order chi connectivity index (χ1) is 10.2. The summed E-state index contributed by atoms with van der Waals surface area (Å²) in [5, 5.41) is 10.5. The van der Waals surface area contributed by atoms with Gasteiger partial charge >= 0.3 is 5.76 Å². The lowest BCUT2D eigenvalue weighted by molar-refractivity contribution is 0.0940. The molecule has 2 aromatic heterocycles. The van der Waals surface area contributed by atoms with Gasteiger partial charge < -0.3 is 5.32 Å². The van der Waals surface area contributed by atoms with E-state index in [1.54, 1.807) is 16.9 Å². The summed E-state index contributed by atoms with van der Waals surface area (Å²) in [5.41, 5.74) is 0.539. The highest BCUT2D eigenvalue weighted by molar-refractivity contribution is 5.92. The summed E-state index contributed by atoms with van der Waals surface area (Å²) in [6.07, 6.45) is 3.86. The van der Waals surface area contributed by atoms with Crippen LogP contribution in [0.15, 0.2) is 21.6 Å². The Kier molecular flexibility index (Phi) is 4.91. The SMILES string of the molecule is CCC(CC)n1nccc1C(=O)NCCc1noc(=O)[nH]1. The summed E-state index contributed by atoms with van der Waals surface area (Å²) >= 11 is 0. The Hall–Kier alpha value is -2.38. The fourth-order valence-corrected chi connectivity index (χ4v) is 2.17. The van der Waals surface area contributed by atoms with Gasteiger partial charge in [0, 0.05) is 19.2 Å². The number of carbonyl (C=O) groups excluding carboxylic acids is 1. The zero-order chi connectivity index (χ0) is 15.2. The molecule has 0 aliphatic carbocycles. The Morgan fingerprint density at radius 2 is 2.24 bits per heavy atom. The van der Waals surface area contributed by atoms with Crippen molar-refractivity contribution in [2.45, 2.75) is 39.2 Å². The quantitative estimate of drug-likeness (QED) is 0.788. The van der Waals surface area contributed by atoms with E-state index in [0.29, 0.717) is 24.5 Å². The van der Waals surface area contributed by atoms with Crippen molar-refractivity contribution < 1.29 is 9.32 Å². The van der Waals surface area contributed by atoms with Crippen LogP contribution in [0.1, 0.15) is 49.0 Å². The molecule has 0 fully saturated rings. The Bertz CT molecular complexity index is 638. The average molecular weight is 293 g/mol. The lowest BCUT2D eigenvalue weighted by Gasteiger charge is -2.16. The molecule has 2 aromatic rings. The van der Waals surface area contributed by atoms with Gasteiger partial charge in [-0.1, -0.05) is 19.0 Å². The summed E-state index contributed by atoms with van der Waals surface area (Å²) in [5.74, 6) is -0.373. The number of carbonyl (C=O) groups is 1. The molecule has 2 rings (SSSR count). The van der Waals surface area contributed by atoms with Crippen LogP contribution < -0.4 is 11.1 Å². The van der Waals surface area contributed by atoms with E-state index >= 15 is 0 Å². The molecule has 21 heavy (non-hydrogen) atoms. The molecule has 0 bridgehead atoms. The summed E-state index contributed by atoms with van der Waals surface area (Å²) in [6, 6.07) is 1.92. The van der Waals surface area contributed by atoms with Crippen molar-refractivity contribution in [3.05, 3.63) is 34.3 Å². The third-order valence-electron chi connectivity index (χ3n) is 3.32. The van der Waals surface area contributed by atoms with Gasteiger partial charge in [-0.2, -0.15) is 5.10 Å². The van der Waals surface area contributed by atoms with Gasteiger partial charge in [-0.25, -0.2) is 4.79 Å². The van der Waals surface area contributed by atoms with Crippen LogP contribution in [0.5, 0.6) is 0 Å². The standard InChI is InChI=1S/C13H19N5O3/c1-3-9(4-2)18-10(5-8-15-18)12(19)14-7-6-11-16-13(20)21-17-11/h5,8-9H,3-4,6-7H2,1-2H3,(H,14,19)(H,16,17,20). The van der Waals surface area contributed by atoms with Gasteiger partial charge in [0.15, 0.2) is 5.82 Å². The molecule has 2 N–H and O–H groups in total. The molecule has 0 saturated carbocycles. The predicted octanol–water partition coefficient (Wildman–Crippen LogP) is 0.893. The highest BCUT2D eigenvalue weighted by Gasteiger charge is 2.16. The molecule has 1 amide bonds. The van der Waals surface area contributed by atoms with Crippen LogP contribution in [0.4, 0.5) is 0 Å². The molecule has 0 aliphatic rings. The van der Waals surface area contributed by atoms with Gasteiger partial charge in [-0.3, -0.25) is 19.0 Å². The number of H-pyrrole nitrogens is 1. The minimum Gasteiger partial charge on any atom is -0.350 e. The van der Waals surface area contributed by atoms with Gasteiger partial charge in [0.05, 0.1) is 6.04 Å². The van der Waals surface area contributed by atoms with Crippen molar-refractivity contribution in [2.24, 2.45) is 0 Å². The molecule has 0 unspecified atom stereocenters. The second-order valence-corrected chi connectivity index (χ2v) is 4.68. The monoisotopic (exact) mass is 293 g/mol. The molecule has 0 atom stereocenters. The maximum atomic E-state index is 12.2. The van der Waals surface area contributed by atoms with Gasteiger partial charge in [-0.05, 0) is 18.9 Å². The van der Waals surface area contributed by atoms with E-state index in [0.717, 1.165) is 12.8 Å². The zero-order valence-electron chi connectivity index (χ0n) is 12.1. The molecule has 0 aromatic carbocycles. The van der Waals surface area contributed by atoms with Crippen LogP contribution in [0.3, 0.4) is 0 Å². The molecule has 0 spiro atoms. The Morgan fingerprint density at radius 1 is 1.48 bits per heavy atom. The highest BCUT2D eigenvalue weighted by Crippen LogP contribution is 2.16. The van der Waals surface area contributed by atoms with Crippen molar-refractivity contribution >= 4 is 5.91 Å². The molecule has 0 saturated heterocycles. The highest BCUT2D eigenvalue weighted by atomic mass is 16.5. The maximum Gasteiger partial charge on any atom is 0.438 e. The van der Waals surface area contributed by atoms with Crippen LogP contribution in [0.2, 0.25) is 0 Å². The van der Waals surface area contributed by atoms with Gasteiger partial charge in [0.1, 0.15) is 5.69 Å². The van der Waals surface area contributed by atoms with E-state index in [9.17, 15) is 9.59 Å². The number of rotatable bonds is 7. The van der Waals surface area contributed by atoms with Crippen LogP contribution >= 0.6 is 0 Å². The van der Waals surface area contributed by atoms with Crippen molar-refractivity contribution in [3.8, 4) is 0 Å². The molecule has 2 heterocycles. The third-order valence-corrected chi connectivity index (χ3v) is 3.32.